The van der Waals surface area contributed by atoms with Gasteiger partial charge in [0.1, 0.15) is 0 Å². The van der Waals surface area contributed by atoms with E-state index in [2.05, 4.69) is 5.32 Å². The monoisotopic (exact) mass is 314 g/mol. The Labute approximate surface area is 131 Å². The van der Waals surface area contributed by atoms with Crippen LogP contribution in [0.25, 0.3) is 0 Å². The van der Waals surface area contributed by atoms with Crippen LogP contribution in [0.2, 0.25) is 0 Å². The van der Waals surface area contributed by atoms with Gasteiger partial charge in [0.2, 0.25) is 5.91 Å². The molecule has 0 radical (unpaired) electrons. The van der Waals surface area contributed by atoms with Gasteiger partial charge >= 0.3 is 0 Å². The first-order chi connectivity index (χ1) is 9.59. The Morgan fingerprint density at radius 1 is 1.24 bits per heavy atom. The Morgan fingerprint density at radius 3 is 2.43 bits per heavy atom. The minimum atomic E-state index is -0.684. The number of nitrogens with two attached hydrogens (primary N) is 1. The average molecular weight is 315 g/mol. The summed E-state index contributed by atoms with van der Waals surface area (Å²) in [4.78, 5) is 12.1. The second kappa shape index (κ2) is 7.52. The van der Waals surface area contributed by atoms with Gasteiger partial charge in [-0.3, -0.25) is 4.79 Å². The molecule has 2 rings (SSSR count). The van der Waals surface area contributed by atoms with Crippen molar-refractivity contribution in [1.82, 2.24) is 5.32 Å². The van der Waals surface area contributed by atoms with Crippen LogP contribution in [-0.2, 0) is 11.3 Å². The summed E-state index contributed by atoms with van der Waals surface area (Å²) in [5.74, 6) is 1.26. The molecule has 6 heteroatoms. The molecule has 1 aliphatic carbocycles. The van der Waals surface area contributed by atoms with Gasteiger partial charge in [-0.25, -0.2) is 0 Å². The molecule has 0 aromatic heterocycles. The number of hydrogen-bond acceptors (Lipinski definition) is 4. The van der Waals surface area contributed by atoms with Crippen molar-refractivity contribution < 1.29 is 14.3 Å². The van der Waals surface area contributed by atoms with Crippen molar-refractivity contribution in [2.75, 3.05) is 14.2 Å². The molecule has 0 spiro atoms. The molecule has 0 unspecified atom stereocenters. The van der Waals surface area contributed by atoms with Gasteiger partial charge in [-0.2, -0.15) is 0 Å². The number of hydrogen-bond donors (Lipinski definition) is 2. The van der Waals surface area contributed by atoms with Crippen molar-refractivity contribution in [3.05, 3.63) is 23.8 Å². The highest BCUT2D eigenvalue weighted by molar-refractivity contribution is 5.86. The number of amides is 1. The van der Waals surface area contributed by atoms with Crippen LogP contribution in [0.5, 0.6) is 11.5 Å². The normalized spacial score (nSPS) is 16.0. The fourth-order valence-electron chi connectivity index (χ4n) is 2.58. The number of benzene rings is 1. The summed E-state index contributed by atoms with van der Waals surface area (Å²) < 4.78 is 10.4. The molecule has 1 amide bonds. The van der Waals surface area contributed by atoms with Gasteiger partial charge in [0.15, 0.2) is 11.5 Å². The van der Waals surface area contributed by atoms with E-state index < -0.39 is 5.54 Å². The summed E-state index contributed by atoms with van der Waals surface area (Å²) in [6.45, 7) is 0.443. The predicted molar refractivity (Wildman–Crippen MR) is 84.0 cm³/mol. The molecule has 1 aliphatic rings. The van der Waals surface area contributed by atoms with Crippen LogP contribution in [0.15, 0.2) is 18.2 Å². The number of carbonyl (C=O) groups is 1. The molecule has 1 aromatic carbocycles. The molecule has 118 valence electrons. The first-order valence-corrected chi connectivity index (χ1v) is 6.87. The molecule has 0 bridgehead atoms. The third-order valence-corrected chi connectivity index (χ3v) is 3.85. The minimum absolute atomic E-state index is 0. The van der Waals surface area contributed by atoms with Crippen molar-refractivity contribution in [3.8, 4) is 11.5 Å². The summed E-state index contributed by atoms with van der Waals surface area (Å²) in [6, 6.07) is 5.59. The third-order valence-electron chi connectivity index (χ3n) is 3.85. The SMILES string of the molecule is COc1ccc(CNC(=O)C2(N)CCCC2)cc1OC.Cl. The molecule has 1 saturated carbocycles. The van der Waals surface area contributed by atoms with Crippen molar-refractivity contribution in [3.63, 3.8) is 0 Å². The Morgan fingerprint density at radius 2 is 1.86 bits per heavy atom. The van der Waals surface area contributed by atoms with Crippen LogP contribution in [0, 0.1) is 0 Å². The number of methoxy groups -OCH3 is 2. The largest absolute Gasteiger partial charge is 0.493 e. The van der Waals surface area contributed by atoms with Crippen LogP contribution in [0.1, 0.15) is 31.2 Å². The lowest BCUT2D eigenvalue weighted by atomic mass is 9.98. The van der Waals surface area contributed by atoms with Gasteiger partial charge in [-0.1, -0.05) is 18.9 Å². The molecule has 21 heavy (non-hydrogen) atoms. The summed E-state index contributed by atoms with van der Waals surface area (Å²) in [5.41, 5.74) is 6.38. The molecule has 0 atom stereocenters. The van der Waals surface area contributed by atoms with E-state index in [-0.39, 0.29) is 18.3 Å². The molecular formula is C15H23ClN2O3. The van der Waals surface area contributed by atoms with Crippen molar-refractivity contribution >= 4 is 18.3 Å². The second-order valence-electron chi connectivity index (χ2n) is 5.24. The standard InChI is InChI=1S/C15H22N2O3.ClH/c1-19-12-6-5-11(9-13(12)20-2)10-17-14(18)15(16)7-3-4-8-15;/h5-6,9H,3-4,7-8,10,16H2,1-2H3,(H,17,18);1H. The van der Waals surface area contributed by atoms with Gasteiger partial charge in [0, 0.05) is 6.54 Å². The van der Waals surface area contributed by atoms with Crippen LogP contribution in [-0.4, -0.2) is 25.7 Å². The Kier molecular flexibility index (Phi) is 6.30. The molecule has 5 nitrogen and oxygen atoms in total. The lowest BCUT2D eigenvalue weighted by molar-refractivity contribution is -0.126. The number of nitrogens with one attached hydrogen (secondary N) is 1. The highest BCUT2D eigenvalue weighted by atomic mass is 35.5. The number of halogens is 1. The lowest BCUT2D eigenvalue weighted by Crippen LogP contribution is -2.51. The maximum Gasteiger partial charge on any atom is 0.240 e. The third kappa shape index (κ3) is 4.02. The molecule has 0 heterocycles. The molecule has 0 aliphatic heterocycles. The van der Waals surface area contributed by atoms with Crippen LogP contribution < -0.4 is 20.5 Å². The predicted octanol–water partition coefficient (Wildman–Crippen LogP) is 2.01. The lowest BCUT2D eigenvalue weighted by Gasteiger charge is -2.22. The topological polar surface area (TPSA) is 73.6 Å². The molecule has 3 N–H and O–H groups in total. The van der Waals surface area contributed by atoms with Gasteiger partial charge in [-0.05, 0) is 30.5 Å². The van der Waals surface area contributed by atoms with Crippen LogP contribution >= 0.6 is 12.4 Å². The van der Waals surface area contributed by atoms with E-state index in [1.54, 1.807) is 14.2 Å². The first-order valence-electron chi connectivity index (χ1n) is 6.87. The second-order valence-corrected chi connectivity index (χ2v) is 5.24. The Bertz CT molecular complexity index is 488. The smallest absolute Gasteiger partial charge is 0.240 e. The summed E-state index contributed by atoms with van der Waals surface area (Å²) in [5, 5.41) is 2.91. The van der Waals surface area contributed by atoms with Crippen LogP contribution in [0.3, 0.4) is 0 Å². The summed E-state index contributed by atoms with van der Waals surface area (Å²) >= 11 is 0. The first kappa shape index (κ1) is 17.6. The van der Waals surface area contributed by atoms with E-state index in [1.807, 2.05) is 18.2 Å². The van der Waals surface area contributed by atoms with E-state index in [0.29, 0.717) is 18.0 Å². The van der Waals surface area contributed by atoms with Gasteiger partial charge in [0.05, 0.1) is 19.8 Å². The highest BCUT2D eigenvalue weighted by Crippen LogP contribution is 2.29. The molecule has 1 aromatic rings. The zero-order chi connectivity index (χ0) is 14.6. The van der Waals surface area contributed by atoms with Crippen molar-refractivity contribution in [2.45, 2.75) is 37.8 Å². The molecule has 0 saturated heterocycles. The number of ether oxygens (including phenoxy) is 2. The summed E-state index contributed by atoms with van der Waals surface area (Å²) in [7, 11) is 3.19. The van der Waals surface area contributed by atoms with Crippen LogP contribution in [0.4, 0.5) is 0 Å². The van der Waals surface area contributed by atoms with Gasteiger partial charge in [-0.15, -0.1) is 12.4 Å². The van der Waals surface area contributed by atoms with Gasteiger partial charge < -0.3 is 20.5 Å². The fraction of sp³-hybridized carbons (Fsp3) is 0.533. The van der Waals surface area contributed by atoms with E-state index in [0.717, 1.165) is 31.2 Å². The zero-order valence-corrected chi connectivity index (χ0v) is 13.3. The molecule has 1 fully saturated rings. The maximum absolute atomic E-state index is 12.1. The zero-order valence-electron chi connectivity index (χ0n) is 12.5. The van der Waals surface area contributed by atoms with Crippen molar-refractivity contribution in [1.29, 1.82) is 0 Å². The highest BCUT2D eigenvalue weighted by Gasteiger charge is 2.36. The number of rotatable bonds is 5. The Balaban J connectivity index is 0.00000220. The Hall–Kier alpha value is -1.46. The van der Waals surface area contributed by atoms with E-state index in [4.69, 9.17) is 15.2 Å². The summed E-state index contributed by atoms with van der Waals surface area (Å²) in [6.07, 6.45) is 3.59. The molecular weight excluding hydrogens is 292 g/mol. The minimum Gasteiger partial charge on any atom is -0.493 e. The fourth-order valence-corrected chi connectivity index (χ4v) is 2.58. The quantitative estimate of drug-likeness (QED) is 0.872. The van der Waals surface area contributed by atoms with Crippen molar-refractivity contribution in [2.24, 2.45) is 5.73 Å². The number of carbonyl (C=O) groups excluding carboxylic acids is 1. The van der Waals surface area contributed by atoms with E-state index in [9.17, 15) is 4.79 Å². The van der Waals surface area contributed by atoms with Gasteiger partial charge in [0.25, 0.3) is 0 Å². The maximum atomic E-state index is 12.1. The van der Waals surface area contributed by atoms with E-state index in [1.165, 1.54) is 0 Å². The average Bonchev–Trinajstić information content (AvgIpc) is 2.92. The van der Waals surface area contributed by atoms with E-state index >= 15 is 0 Å².